The van der Waals surface area contributed by atoms with Gasteiger partial charge in [0.2, 0.25) is 0 Å². The van der Waals surface area contributed by atoms with E-state index in [-0.39, 0.29) is 0 Å². The van der Waals surface area contributed by atoms with Gasteiger partial charge in [-0.2, -0.15) is 0 Å². The van der Waals surface area contributed by atoms with Crippen molar-refractivity contribution in [1.82, 2.24) is 0 Å². The second kappa shape index (κ2) is 6.06. The van der Waals surface area contributed by atoms with Gasteiger partial charge in [-0.05, 0) is 36.2 Å². The zero-order valence-corrected chi connectivity index (χ0v) is 11.9. The Hall–Kier alpha value is -2.20. The fraction of sp³-hybridized carbons (Fsp3) is 0.294. The van der Waals surface area contributed by atoms with E-state index in [9.17, 15) is 5.11 Å². The third-order valence-corrected chi connectivity index (χ3v) is 3.72. The number of aliphatic hydroxyl groups excluding tert-OH is 1. The van der Waals surface area contributed by atoms with Crippen LogP contribution in [-0.4, -0.2) is 24.8 Å². The van der Waals surface area contributed by atoms with Crippen molar-refractivity contribution in [2.45, 2.75) is 12.5 Å². The second-order valence-electron chi connectivity index (χ2n) is 5.30. The molecule has 0 saturated heterocycles. The van der Waals surface area contributed by atoms with Crippen molar-refractivity contribution in [2.75, 3.05) is 30.3 Å². The zero-order chi connectivity index (χ0) is 14.7. The molecular weight excluding hydrogens is 264 g/mol. The molecule has 21 heavy (non-hydrogen) atoms. The highest BCUT2D eigenvalue weighted by molar-refractivity contribution is 5.59. The van der Waals surface area contributed by atoms with E-state index in [1.54, 1.807) is 0 Å². The maximum absolute atomic E-state index is 10.5. The highest BCUT2D eigenvalue weighted by Gasteiger charge is 2.19. The van der Waals surface area contributed by atoms with Crippen molar-refractivity contribution in [1.29, 1.82) is 0 Å². The van der Waals surface area contributed by atoms with E-state index in [1.165, 1.54) is 0 Å². The smallest absolute Gasteiger partial charge is 0.142 e. The predicted octanol–water partition coefficient (Wildman–Crippen LogP) is 2.59. The van der Waals surface area contributed by atoms with E-state index in [1.807, 2.05) is 48.5 Å². The monoisotopic (exact) mass is 284 g/mol. The summed E-state index contributed by atoms with van der Waals surface area (Å²) in [4.78, 5) is 2.18. The first-order chi connectivity index (χ1) is 10.2. The first-order valence-corrected chi connectivity index (χ1v) is 7.24. The number of hydrogen-bond acceptors (Lipinski definition) is 4. The third-order valence-electron chi connectivity index (χ3n) is 3.72. The van der Waals surface area contributed by atoms with E-state index in [0.717, 1.165) is 30.0 Å². The van der Waals surface area contributed by atoms with Gasteiger partial charge in [0, 0.05) is 18.8 Å². The Morgan fingerprint density at radius 1 is 1.19 bits per heavy atom. The fourth-order valence-electron chi connectivity index (χ4n) is 2.67. The molecule has 0 spiro atoms. The molecule has 0 bridgehead atoms. The maximum Gasteiger partial charge on any atom is 0.142 e. The second-order valence-corrected chi connectivity index (χ2v) is 5.30. The number of nitrogen functional groups attached to an aromatic ring is 1. The van der Waals surface area contributed by atoms with E-state index in [2.05, 4.69) is 4.90 Å². The van der Waals surface area contributed by atoms with Crippen molar-refractivity contribution in [2.24, 2.45) is 0 Å². The molecule has 1 aliphatic rings. The largest absolute Gasteiger partial charge is 0.491 e. The van der Waals surface area contributed by atoms with Crippen LogP contribution in [0, 0.1) is 0 Å². The number of para-hydroxylation sites is 2. The minimum atomic E-state index is -0.570. The predicted molar refractivity (Wildman–Crippen MR) is 84.6 cm³/mol. The summed E-state index contributed by atoms with van der Waals surface area (Å²) in [5.41, 5.74) is 8.34. The molecule has 0 amide bonds. The minimum Gasteiger partial charge on any atom is -0.491 e. The topological polar surface area (TPSA) is 58.7 Å². The Bertz CT molecular complexity index is 615. The van der Waals surface area contributed by atoms with Gasteiger partial charge >= 0.3 is 0 Å². The van der Waals surface area contributed by atoms with Gasteiger partial charge in [0.05, 0.1) is 18.4 Å². The number of nitrogens with zero attached hydrogens (tertiary/aromatic N) is 1. The highest BCUT2D eigenvalue weighted by Crippen LogP contribution is 2.31. The standard InChI is InChI=1S/C17H20N2O2/c18-14-6-3-5-13(11-14)16(20)12-19-9-4-10-21-17-8-2-1-7-15(17)19/h1-3,5-8,11,16,20H,4,9-10,12,18H2. The highest BCUT2D eigenvalue weighted by atomic mass is 16.5. The van der Waals surface area contributed by atoms with Gasteiger partial charge < -0.3 is 20.5 Å². The molecule has 0 radical (unpaired) electrons. The Labute approximate surface area is 124 Å². The number of rotatable bonds is 3. The molecule has 4 nitrogen and oxygen atoms in total. The normalized spacial score (nSPS) is 15.8. The molecule has 4 heteroatoms. The molecule has 0 fully saturated rings. The van der Waals surface area contributed by atoms with Crippen LogP contribution in [-0.2, 0) is 0 Å². The molecule has 2 aromatic rings. The van der Waals surface area contributed by atoms with E-state index < -0.39 is 6.10 Å². The summed E-state index contributed by atoms with van der Waals surface area (Å²) in [5.74, 6) is 0.884. The van der Waals surface area contributed by atoms with E-state index in [0.29, 0.717) is 18.8 Å². The zero-order valence-electron chi connectivity index (χ0n) is 11.9. The molecule has 1 aliphatic heterocycles. The molecule has 3 rings (SSSR count). The summed E-state index contributed by atoms with van der Waals surface area (Å²) in [5, 5.41) is 10.5. The molecule has 3 N–H and O–H groups in total. The van der Waals surface area contributed by atoms with Crippen LogP contribution in [0.1, 0.15) is 18.1 Å². The molecule has 110 valence electrons. The lowest BCUT2D eigenvalue weighted by Crippen LogP contribution is -2.29. The molecule has 0 aliphatic carbocycles. The Morgan fingerprint density at radius 2 is 2.05 bits per heavy atom. The van der Waals surface area contributed by atoms with E-state index >= 15 is 0 Å². The summed E-state index contributed by atoms with van der Waals surface area (Å²) in [7, 11) is 0. The number of anilines is 2. The first-order valence-electron chi connectivity index (χ1n) is 7.24. The van der Waals surface area contributed by atoms with Gasteiger partial charge in [-0.3, -0.25) is 0 Å². The summed E-state index contributed by atoms with van der Waals surface area (Å²) in [6.45, 7) is 2.11. The Morgan fingerprint density at radius 3 is 2.90 bits per heavy atom. The van der Waals surface area contributed by atoms with Crippen molar-refractivity contribution in [3.63, 3.8) is 0 Å². The minimum absolute atomic E-state index is 0.532. The maximum atomic E-state index is 10.5. The van der Waals surface area contributed by atoms with Gasteiger partial charge in [0.25, 0.3) is 0 Å². The molecule has 1 heterocycles. The van der Waals surface area contributed by atoms with Crippen LogP contribution in [0.4, 0.5) is 11.4 Å². The average Bonchev–Trinajstić information content (AvgIpc) is 2.70. The van der Waals surface area contributed by atoms with Crippen LogP contribution in [0.2, 0.25) is 0 Å². The Balaban J connectivity index is 1.81. The molecule has 1 unspecified atom stereocenters. The lowest BCUT2D eigenvalue weighted by molar-refractivity contribution is 0.183. The third kappa shape index (κ3) is 3.11. The van der Waals surface area contributed by atoms with Crippen molar-refractivity contribution in [3.05, 3.63) is 54.1 Å². The molecule has 1 atom stereocenters. The SMILES string of the molecule is Nc1cccc(C(O)CN2CCCOc3ccccc32)c1. The number of nitrogens with two attached hydrogens (primary N) is 1. The quantitative estimate of drug-likeness (QED) is 0.851. The van der Waals surface area contributed by atoms with Crippen LogP contribution in [0.25, 0.3) is 0 Å². The fourth-order valence-corrected chi connectivity index (χ4v) is 2.67. The Kier molecular flexibility index (Phi) is 3.97. The molecule has 0 aromatic heterocycles. The van der Waals surface area contributed by atoms with Gasteiger partial charge in [-0.15, -0.1) is 0 Å². The van der Waals surface area contributed by atoms with Crippen molar-refractivity contribution in [3.8, 4) is 5.75 Å². The van der Waals surface area contributed by atoms with Crippen molar-refractivity contribution < 1.29 is 9.84 Å². The first kappa shape index (κ1) is 13.8. The number of β-amino-alcohol motifs (C(OH)–C–C–N with tert-alkyl or cyclic N) is 1. The molecule has 2 aromatic carbocycles. The van der Waals surface area contributed by atoms with Gasteiger partial charge in [0.1, 0.15) is 5.75 Å². The van der Waals surface area contributed by atoms with Gasteiger partial charge in [-0.25, -0.2) is 0 Å². The number of hydrogen-bond donors (Lipinski definition) is 2. The summed E-state index contributed by atoms with van der Waals surface area (Å²) < 4.78 is 5.74. The van der Waals surface area contributed by atoms with Crippen LogP contribution in [0.5, 0.6) is 5.75 Å². The van der Waals surface area contributed by atoms with Crippen LogP contribution in [0.3, 0.4) is 0 Å². The molecular formula is C17H20N2O2. The lowest BCUT2D eigenvalue weighted by atomic mass is 10.1. The number of fused-ring (bicyclic) bond motifs is 1. The summed E-state index contributed by atoms with van der Waals surface area (Å²) in [6, 6.07) is 15.4. The van der Waals surface area contributed by atoms with Crippen molar-refractivity contribution >= 4 is 11.4 Å². The van der Waals surface area contributed by atoms with Gasteiger partial charge in [0.15, 0.2) is 0 Å². The number of aliphatic hydroxyl groups is 1. The van der Waals surface area contributed by atoms with E-state index in [4.69, 9.17) is 10.5 Å². The van der Waals surface area contributed by atoms with Crippen LogP contribution >= 0.6 is 0 Å². The summed E-state index contributed by atoms with van der Waals surface area (Å²) >= 11 is 0. The molecule has 0 saturated carbocycles. The van der Waals surface area contributed by atoms with Gasteiger partial charge in [-0.1, -0.05) is 24.3 Å². The number of ether oxygens (including phenoxy) is 1. The summed E-state index contributed by atoms with van der Waals surface area (Å²) in [6.07, 6.45) is 0.373. The lowest BCUT2D eigenvalue weighted by Gasteiger charge is -2.26. The number of benzene rings is 2. The van der Waals surface area contributed by atoms with Crippen LogP contribution in [0.15, 0.2) is 48.5 Å². The van der Waals surface area contributed by atoms with Crippen LogP contribution < -0.4 is 15.4 Å². The average molecular weight is 284 g/mol.